The van der Waals surface area contributed by atoms with Crippen LogP contribution in [0.1, 0.15) is 24.1 Å². The zero-order valence-electron chi connectivity index (χ0n) is 10.9. The Bertz CT molecular complexity index is 373. The number of ether oxygens (including phenoxy) is 1. The van der Waals surface area contributed by atoms with Crippen molar-refractivity contribution in [3.05, 3.63) is 35.1 Å². The van der Waals surface area contributed by atoms with Crippen molar-refractivity contribution in [1.82, 2.24) is 5.32 Å². The summed E-state index contributed by atoms with van der Waals surface area (Å²) in [5.74, 6) is 1.85. The van der Waals surface area contributed by atoms with E-state index in [0.29, 0.717) is 0 Å². The third-order valence-electron chi connectivity index (χ3n) is 3.06. The molecular weight excluding hydrogens is 249 g/mol. The number of rotatable bonds is 4. The first kappa shape index (κ1) is 13.8. The first-order chi connectivity index (χ1) is 8.70. The molecule has 2 atom stereocenters. The standard InChI is InChI=1S/C14H20FNOS/c1-3-16-14(13-9-18-5-4-17-13)11-6-10(2)7-12(15)8-11/h6-8,13-14,16H,3-5,9H2,1-2H3. The van der Waals surface area contributed by atoms with Gasteiger partial charge in [0.2, 0.25) is 0 Å². The average Bonchev–Trinajstić information content (AvgIpc) is 2.36. The highest BCUT2D eigenvalue weighted by atomic mass is 32.2. The zero-order chi connectivity index (χ0) is 13.0. The molecule has 1 aromatic carbocycles. The fourth-order valence-electron chi connectivity index (χ4n) is 2.33. The second kappa shape index (κ2) is 6.55. The van der Waals surface area contributed by atoms with Crippen molar-refractivity contribution in [1.29, 1.82) is 0 Å². The molecule has 2 nitrogen and oxygen atoms in total. The summed E-state index contributed by atoms with van der Waals surface area (Å²) in [7, 11) is 0. The average molecular weight is 269 g/mol. The molecule has 1 aliphatic heterocycles. The third kappa shape index (κ3) is 3.46. The second-order valence-electron chi connectivity index (χ2n) is 4.58. The van der Waals surface area contributed by atoms with Crippen LogP contribution in [-0.2, 0) is 4.74 Å². The number of hydrogen-bond donors (Lipinski definition) is 1. The lowest BCUT2D eigenvalue weighted by molar-refractivity contribution is 0.0471. The van der Waals surface area contributed by atoms with Gasteiger partial charge in [-0.15, -0.1) is 0 Å². The molecule has 0 saturated carbocycles. The lowest BCUT2D eigenvalue weighted by Gasteiger charge is -2.31. The highest BCUT2D eigenvalue weighted by molar-refractivity contribution is 7.99. The van der Waals surface area contributed by atoms with Crippen LogP contribution < -0.4 is 5.32 Å². The van der Waals surface area contributed by atoms with Crippen LogP contribution in [0.3, 0.4) is 0 Å². The van der Waals surface area contributed by atoms with Gasteiger partial charge in [0.15, 0.2) is 0 Å². The van der Waals surface area contributed by atoms with Gasteiger partial charge in [0.25, 0.3) is 0 Å². The predicted octanol–water partition coefficient (Wildman–Crippen LogP) is 2.92. The van der Waals surface area contributed by atoms with Crippen LogP contribution >= 0.6 is 11.8 Å². The monoisotopic (exact) mass is 269 g/mol. The molecule has 2 rings (SSSR count). The van der Waals surface area contributed by atoms with Gasteiger partial charge in [0.05, 0.1) is 18.8 Å². The molecule has 0 aromatic heterocycles. The molecule has 4 heteroatoms. The third-order valence-corrected chi connectivity index (χ3v) is 4.08. The number of likely N-dealkylation sites (N-methyl/N-ethyl adjacent to an activating group) is 1. The van der Waals surface area contributed by atoms with Crippen molar-refractivity contribution in [2.75, 3.05) is 24.7 Å². The van der Waals surface area contributed by atoms with Crippen LogP contribution in [-0.4, -0.2) is 30.8 Å². The maximum atomic E-state index is 13.5. The number of benzene rings is 1. The quantitative estimate of drug-likeness (QED) is 0.908. The van der Waals surface area contributed by atoms with Gasteiger partial charge in [-0.2, -0.15) is 11.8 Å². The molecule has 0 aliphatic carbocycles. The molecule has 0 bridgehead atoms. The Balaban J connectivity index is 2.22. The van der Waals surface area contributed by atoms with E-state index < -0.39 is 0 Å². The van der Waals surface area contributed by atoms with Crippen LogP contribution in [0, 0.1) is 12.7 Å². The minimum Gasteiger partial charge on any atom is -0.375 e. The molecule has 1 N–H and O–H groups in total. The second-order valence-corrected chi connectivity index (χ2v) is 5.73. The number of halogens is 1. The molecule has 2 unspecified atom stereocenters. The molecule has 100 valence electrons. The topological polar surface area (TPSA) is 21.3 Å². The molecule has 0 radical (unpaired) electrons. The molecule has 0 spiro atoms. The predicted molar refractivity (Wildman–Crippen MR) is 74.6 cm³/mol. The largest absolute Gasteiger partial charge is 0.375 e. The first-order valence-corrected chi connectivity index (χ1v) is 7.56. The van der Waals surface area contributed by atoms with E-state index in [0.717, 1.165) is 35.8 Å². The lowest BCUT2D eigenvalue weighted by Crippen LogP contribution is -2.38. The van der Waals surface area contributed by atoms with E-state index in [4.69, 9.17) is 4.74 Å². The van der Waals surface area contributed by atoms with E-state index in [1.807, 2.05) is 24.8 Å². The van der Waals surface area contributed by atoms with E-state index in [-0.39, 0.29) is 18.0 Å². The van der Waals surface area contributed by atoms with Gasteiger partial charge in [-0.3, -0.25) is 0 Å². The zero-order valence-corrected chi connectivity index (χ0v) is 11.7. The summed E-state index contributed by atoms with van der Waals surface area (Å²) < 4.78 is 19.3. The Hall–Kier alpha value is -0.580. The lowest BCUT2D eigenvalue weighted by atomic mass is 10.00. The number of nitrogens with one attached hydrogen (secondary N) is 1. The van der Waals surface area contributed by atoms with E-state index >= 15 is 0 Å². The smallest absolute Gasteiger partial charge is 0.123 e. The normalized spacial score (nSPS) is 21.8. The fourth-order valence-corrected chi connectivity index (χ4v) is 3.23. The number of hydrogen-bond acceptors (Lipinski definition) is 3. The van der Waals surface area contributed by atoms with Gasteiger partial charge in [-0.05, 0) is 36.7 Å². The maximum absolute atomic E-state index is 13.5. The summed E-state index contributed by atoms with van der Waals surface area (Å²) in [6, 6.07) is 5.29. The summed E-state index contributed by atoms with van der Waals surface area (Å²) in [4.78, 5) is 0. The van der Waals surface area contributed by atoms with Gasteiger partial charge >= 0.3 is 0 Å². The van der Waals surface area contributed by atoms with Crippen LogP contribution in [0.25, 0.3) is 0 Å². The van der Waals surface area contributed by atoms with Crippen molar-refractivity contribution in [2.24, 2.45) is 0 Å². The minimum absolute atomic E-state index is 0.0807. The van der Waals surface area contributed by atoms with E-state index in [2.05, 4.69) is 12.2 Å². The van der Waals surface area contributed by atoms with Crippen molar-refractivity contribution in [2.45, 2.75) is 26.0 Å². The molecule has 0 amide bonds. The number of thioether (sulfide) groups is 1. The highest BCUT2D eigenvalue weighted by Crippen LogP contribution is 2.26. The Labute approximate surface area is 112 Å². The Morgan fingerprint density at radius 2 is 2.33 bits per heavy atom. The highest BCUT2D eigenvalue weighted by Gasteiger charge is 2.26. The SMILES string of the molecule is CCNC(c1cc(C)cc(F)c1)C1CSCCO1. The van der Waals surface area contributed by atoms with E-state index in [9.17, 15) is 4.39 Å². The van der Waals surface area contributed by atoms with Crippen molar-refractivity contribution in [3.63, 3.8) is 0 Å². The summed E-state index contributed by atoms with van der Waals surface area (Å²) in [5.41, 5.74) is 1.94. The molecule has 1 saturated heterocycles. The number of aryl methyl sites for hydroxylation is 1. The maximum Gasteiger partial charge on any atom is 0.123 e. The Morgan fingerprint density at radius 1 is 1.50 bits per heavy atom. The Kier molecular flexibility index (Phi) is 5.03. The molecule has 1 aliphatic rings. The van der Waals surface area contributed by atoms with E-state index in [1.54, 1.807) is 12.1 Å². The van der Waals surface area contributed by atoms with Crippen molar-refractivity contribution < 1.29 is 9.13 Å². The van der Waals surface area contributed by atoms with Crippen LogP contribution in [0.15, 0.2) is 18.2 Å². The van der Waals surface area contributed by atoms with Gasteiger partial charge in [0, 0.05) is 11.5 Å². The van der Waals surface area contributed by atoms with Crippen LogP contribution in [0.4, 0.5) is 4.39 Å². The minimum atomic E-state index is -0.170. The summed E-state index contributed by atoms with van der Waals surface area (Å²) in [6.45, 7) is 5.62. The molecule has 1 heterocycles. The van der Waals surface area contributed by atoms with Gasteiger partial charge in [-0.1, -0.05) is 13.0 Å². The first-order valence-electron chi connectivity index (χ1n) is 6.40. The van der Waals surface area contributed by atoms with Gasteiger partial charge in [-0.25, -0.2) is 4.39 Å². The van der Waals surface area contributed by atoms with Gasteiger partial charge in [0.1, 0.15) is 5.82 Å². The van der Waals surface area contributed by atoms with Crippen LogP contribution in [0.5, 0.6) is 0 Å². The Morgan fingerprint density at radius 3 is 2.94 bits per heavy atom. The molecule has 18 heavy (non-hydrogen) atoms. The van der Waals surface area contributed by atoms with Crippen molar-refractivity contribution >= 4 is 11.8 Å². The molecule has 1 fully saturated rings. The van der Waals surface area contributed by atoms with Crippen molar-refractivity contribution in [3.8, 4) is 0 Å². The van der Waals surface area contributed by atoms with Crippen LogP contribution in [0.2, 0.25) is 0 Å². The summed E-state index contributed by atoms with van der Waals surface area (Å²) in [6.07, 6.45) is 0.130. The summed E-state index contributed by atoms with van der Waals surface area (Å²) >= 11 is 1.90. The fraction of sp³-hybridized carbons (Fsp3) is 0.571. The molecule has 1 aromatic rings. The van der Waals surface area contributed by atoms with Gasteiger partial charge < -0.3 is 10.1 Å². The molecular formula is C14H20FNOS. The summed E-state index contributed by atoms with van der Waals surface area (Å²) in [5, 5.41) is 3.42. The van der Waals surface area contributed by atoms with E-state index in [1.165, 1.54) is 0 Å².